The minimum atomic E-state index is 0.565. The Labute approximate surface area is 366 Å². The van der Waals surface area contributed by atoms with Crippen LogP contribution in [0, 0.1) is 0 Å². The minimum absolute atomic E-state index is 0.565. The van der Waals surface area contributed by atoms with Crippen LogP contribution in [0.15, 0.2) is 211 Å². The van der Waals surface area contributed by atoms with Crippen LogP contribution >= 0.6 is 0 Å². The van der Waals surface area contributed by atoms with Crippen molar-refractivity contribution >= 4 is 97.6 Å². The van der Waals surface area contributed by atoms with Gasteiger partial charge < -0.3 is 8.98 Å². The molecule has 0 fully saturated rings. The molecule has 0 atom stereocenters. The van der Waals surface area contributed by atoms with Gasteiger partial charge in [-0.3, -0.25) is 0 Å². The van der Waals surface area contributed by atoms with E-state index < -0.39 is 0 Å². The van der Waals surface area contributed by atoms with Gasteiger partial charge in [0.2, 0.25) is 0 Å². The summed E-state index contributed by atoms with van der Waals surface area (Å²) >= 11 is 0. The van der Waals surface area contributed by atoms with Crippen LogP contribution in [0.5, 0.6) is 0 Å². The van der Waals surface area contributed by atoms with Gasteiger partial charge in [0.05, 0.1) is 22.3 Å². The zero-order valence-corrected chi connectivity index (χ0v) is 34.3. The summed E-state index contributed by atoms with van der Waals surface area (Å²) in [6.07, 6.45) is 0. The van der Waals surface area contributed by atoms with Crippen molar-refractivity contribution in [3.8, 4) is 39.9 Å². The lowest BCUT2D eigenvalue weighted by atomic mass is 9.99. The molecule has 0 saturated heterocycles. The van der Waals surface area contributed by atoms with Gasteiger partial charge in [-0.25, -0.2) is 15.0 Å². The second kappa shape index (κ2) is 13.4. The third kappa shape index (κ3) is 5.15. The molecular formula is C59H34N4O. The third-order valence-electron chi connectivity index (χ3n) is 13.2. The van der Waals surface area contributed by atoms with E-state index in [0.29, 0.717) is 17.5 Å². The highest BCUT2D eigenvalue weighted by Crippen LogP contribution is 2.45. The maximum atomic E-state index is 6.92. The first kappa shape index (κ1) is 35.0. The van der Waals surface area contributed by atoms with Crippen LogP contribution in [0.2, 0.25) is 0 Å². The van der Waals surface area contributed by atoms with Gasteiger partial charge in [-0.05, 0) is 90.9 Å². The van der Waals surface area contributed by atoms with Crippen LogP contribution in [-0.4, -0.2) is 19.5 Å². The summed E-state index contributed by atoms with van der Waals surface area (Å²) in [6, 6.07) is 73.3. The highest BCUT2D eigenvalue weighted by molar-refractivity contribution is 6.21. The van der Waals surface area contributed by atoms with Crippen LogP contribution in [0.25, 0.3) is 137 Å². The number of fused-ring (bicyclic) bond motifs is 13. The first-order valence-corrected chi connectivity index (χ1v) is 21.7. The van der Waals surface area contributed by atoms with Crippen molar-refractivity contribution in [2.24, 2.45) is 0 Å². The Morgan fingerprint density at radius 1 is 0.344 bits per heavy atom. The number of nitrogens with zero attached hydrogens (tertiary/aromatic N) is 4. The summed E-state index contributed by atoms with van der Waals surface area (Å²) in [5.74, 6) is 1.76. The van der Waals surface area contributed by atoms with Gasteiger partial charge in [0.1, 0.15) is 11.2 Å². The molecule has 296 valence electrons. The van der Waals surface area contributed by atoms with Gasteiger partial charge in [-0.15, -0.1) is 0 Å². The molecule has 0 unspecified atom stereocenters. The van der Waals surface area contributed by atoms with E-state index in [1.807, 2.05) is 0 Å². The Balaban J connectivity index is 1.13. The SMILES string of the molecule is c1ccc2cc3c(cc2c1)c1ccccc1n3-c1ccc2oc3c4ccccc4ccc3c2c1-c1nc(-c2ccc3c(ccc4ccccc43)c2)nc(-c2cccc3ccccc23)n1. The average Bonchev–Trinajstić information content (AvgIpc) is 3.90. The van der Waals surface area contributed by atoms with E-state index in [4.69, 9.17) is 19.4 Å². The van der Waals surface area contributed by atoms with E-state index in [-0.39, 0.29) is 0 Å². The fraction of sp³-hybridized carbons (Fsp3) is 0. The van der Waals surface area contributed by atoms with Crippen LogP contribution in [0.4, 0.5) is 0 Å². The van der Waals surface area contributed by atoms with Gasteiger partial charge in [-0.1, -0.05) is 164 Å². The number of rotatable bonds is 4. The van der Waals surface area contributed by atoms with Gasteiger partial charge in [0.25, 0.3) is 0 Å². The average molecular weight is 815 g/mol. The Morgan fingerprint density at radius 2 is 0.938 bits per heavy atom. The first-order valence-electron chi connectivity index (χ1n) is 21.7. The maximum Gasteiger partial charge on any atom is 0.166 e. The number of hydrogen-bond acceptors (Lipinski definition) is 4. The molecule has 0 saturated carbocycles. The van der Waals surface area contributed by atoms with Crippen LogP contribution < -0.4 is 0 Å². The Bertz CT molecular complexity index is 4270. The highest BCUT2D eigenvalue weighted by atomic mass is 16.3. The van der Waals surface area contributed by atoms with E-state index in [1.54, 1.807) is 0 Å². The molecule has 3 heterocycles. The molecule has 0 radical (unpaired) electrons. The fourth-order valence-electron chi connectivity index (χ4n) is 10.2. The standard InChI is InChI=1S/C59H34N4O/c1-2-16-39-34-52-49(33-38(39)15-1)46-21-9-10-23-50(46)63(52)51-30-31-53-54(48-29-26-37-14-5-8-20-45(37)56(48)64-53)55(51)59-61-57(60-58(62-59)47-22-11-17-35-12-3-7-19-43(35)47)41-27-28-44-40(32-41)25-24-36-13-4-6-18-42(36)44/h1-34H. The molecule has 0 aliphatic heterocycles. The molecule has 14 aromatic rings. The predicted octanol–water partition coefficient (Wildman–Crippen LogP) is 15.6. The van der Waals surface area contributed by atoms with Crippen molar-refractivity contribution in [2.75, 3.05) is 0 Å². The number of aromatic nitrogens is 4. The smallest absolute Gasteiger partial charge is 0.166 e. The molecule has 11 aromatic carbocycles. The second-order valence-electron chi connectivity index (χ2n) is 16.7. The lowest BCUT2D eigenvalue weighted by Crippen LogP contribution is -2.04. The maximum absolute atomic E-state index is 6.92. The van der Waals surface area contributed by atoms with Crippen molar-refractivity contribution in [2.45, 2.75) is 0 Å². The minimum Gasteiger partial charge on any atom is -0.455 e. The summed E-state index contributed by atoms with van der Waals surface area (Å²) in [4.78, 5) is 16.5. The summed E-state index contributed by atoms with van der Waals surface area (Å²) in [5, 5.41) is 15.8. The molecule has 5 nitrogen and oxygen atoms in total. The molecule has 64 heavy (non-hydrogen) atoms. The van der Waals surface area contributed by atoms with Crippen molar-refractivity contribution in [1.82, 2.24) is 19.5 Å². The fourth-order valence-corrected chi connectivity index (χ4v) is 10.2. The van der Waals surface area contributed by atoms with E-state index >= 15 is 0 Å². The van der Waals surface area contributed by atoms with E-state index in [0.717, 1.165) is 82.3 Å². The summed E-state index contributed by atoms with van der Waals surface area (Å²) in [6.45, 7) is 0. The number of furan rings is 1. The first-order chi connectivity index (χ1) is 31.7. The second-order valence-corrected chi connectivity index (χ2v) is 16.7. The normalized spacial score (nSPS) is 12.1. The van der Waals surface area contributed by atoms with Crippen molar-refractivity contribution < 1.29 is 4.42 Å². The predicted molar refractivity (Wildman–Crippen MR) is 265 cm³/mol. The summed E-state index contributed by atoms with van der Waals surface area (Å²) < 4.78 is 9.32. The number of hydrogen-bond donors (Lipinski definition) is 0. The van der Waals surface area contributed by atoms with Crippen LogP contribution in [-0.2, 0) is 0 Å². The Kier molecular flexibility index (Phi) is 7.33. The van der Waals surface area contributed by atoms with Gasteiger partial charge in [-0.2, -0.15) is 0 Å². The molecule has 0 aliphatic rings. The lowest BCUT2D eigenvalue weighted by Gasteiger charge is -2.16. The Morgan fingerprint density at radius 3 is 1.78 bits per heavy atom. The largest absolute Gasteiger partial charge is 0.455 e. The van der Waals surface area contributed by atoms with E-state index in [9.17, 15) is 0 Å². The number of para-hydroxylation sites is 1. The zero-order valence-electron chi connectivity index (χ0n) is 34.3. The quantitative estimate of drug-likeness (QED) is 0.166. The number of benzene rings is 11. The zero-order chi connectivity index (χ0) is 41.9. The Hall–Kier alpha value is -8.67. The van der Waals surface area contributed by atoms with Crippen molar-refractivity contribution in [3.05, 3.63) is 206 Å². The third-order valence-corrected chi connectivity index (χ3v) is 13.2. The molecule has 0 aliphatic carbocycles. The molecule has 0 amide bonds. The highest BCUT2D eigenvalue weighted by Gasteiger charge is 2.25. The van der Waals surface area contributed by atoms with Gasteiger partial charge in [0.15, 0.2) is 17.5 Å². The van der Waals surface area contributed by atoms with E-state index in [2.05, 4.69) is 211 Å². The van der Waals surface area contributed by atoms with Crippen LogP contribution in [0.1, 0.15) is 0 Å². The summed E-state index contributed by atoms with van der Waals surface area (Å²) in [7, 11) is 0. The molecular weight excluding hydrogens is 781 g/mol. The molecule has 0 spiro atoms. The molecule has 0 N–H and O–H groups in total. The monoisotopic (exact) mass is 814 g/mol. The molecule has 3 aromatic heterocycles. The molecule has 5 heteroatoms. The van der Waals surface area contributed by atoms with E-state index in [1.165, 1.54) is 37.7 Å². The van der Waals surface area contributed by atoms with Crippen molar-refractivity contribution in [1.29, 1.82) is 0 Å². The van der Waals surface area contributed by atoms with Crippen LogP contribution in [0.3, 0.4) is 0 Å². The molecule has 0 bridgehead atoms. The van der Waals surface area contributed by atoms with Gasteiger partial charge in [0, 0.05) is 38.1 Å². The molecule has 14 rings (SSSR count). The lowest BCUT2D eigenvalue weighted by molar-refractivity contribution is 0.672. The van der Waals surface area contributed by atoms with Gasteiger partial charge >= 0.3 is 0 Å². The topological polar surface area (TPSA) is 56.7 Å². The van der Waals surface area contributed by atoms with Crippen molar-refractivity contribution in [3.63, 3.8) is 0 Å². The summed E-state index contributed by atoms with van der Waals surface area (Å²) in [5.41, 5.74) is 7.48.